The summed E-state index contributed by atoms with van der Waals surface area (Å²) in [6.07, 6.45) is 4.29. The van der Waals surface area contributed by atoms with E-state index >= 15 is 0 Å². The third-order valence-electron chi connectivity index (χ3n) is 5.70. The second-order valence-corrected chi connectivity index (χ2v) is 7.26. The van der Waals surface area contributed by atoms with E-state index in [2.05, 4.69) is 82.9 Å². The van der Waals surface area contributed by atoms with Crippen molar-refractivity contribution in [2.24, 2.45) is 5.92 Å². The van der Waals surface area contributed by atoms with E-state index in [0.717, 1.165) is 12.1 Å². The summed E-state index contributed by atoms with van der Waals surface area (Å²) in [6, 6.07) is 13.2. The molecule has 0 amide bonds. The molecule has 124 valence electrons. The Morgan fingerprint density at radius 2 is 1.74 bits per heavy atom. The molecule has 1 heteroatoms. The smallest absolute Gasteiger partial charge is 0.0707 e. The molecule has 23 heavy (non-hydrogen) atoms. The zero-order valence-electron chi connectivity index (χ0n) is 15.6. The maximum Gasteiger partial charge on any atom is 0.0707 e. The molecule has 2 atom stereocenters. The van der Waals surface area contributed by atoms with Gasteiger partial charge >= 0.3 is 0 Å². The van der Waals surface area contributed by atoms with Crippen molar-refractivity contribution in [3.05, 3.63) is 53.7 Å². The number of nitrogens with zero attached hydrogens (tertiary/aromatic N) is 1. The van der Waals surface area contributed by atoms with Gasteiger partial charge in [-0.2, -0.15) is 0 Å². The van der Waals surface area contributed by atoms with Crippen molar-refractivity contribution in [2.45, 2.75) is 65.7 Å². The molecule has 0 radical (unpaired) electrons. The van der Waals surface area contributed by atoms with E-state index in [1.54, 1.807) is 0 Å². The molecular weight excluding hydrogens is 278 g/mol. The van der Waals surface area contributed by atoms with Crippen LogP contribution in [0.1, 0.15) is 71.4 Å². The fourth-order valence-corrected chi connectivity index (χ4v) is 3.41. The Kier molecular flexibility index (Phi) is 5.62. The quantitative estimate of drug-likeness (QED) is 0.587. The second kappa shape index (κ2) is 7.29. The van der Waals surface area contributed by atoms with Gasteiger partial charge in [-0.25, -0.2) is 0 Å². The highest BCUT2D eigenvalue weighted by atomic mass is 14.7. The molecule has 0 aliphatic carbocycles. The lowest BCUT2D eigenvalue weighted by Gasteiger charge is -2.36. The summed E-state index contributed by atoms with van der Waals surface area (Å²) in [5.41, 5.74) is 5.37. The fraction of sp³-hybridized carbons (Fsp3) is 0.500. The summed E-state index contributed by atoms with van der Waals surface area (Å²) in [5.74, 6) is 1.16. The molecule has 2 unspecified atom stereocenters. The van der Waals surface area contributed by atoms with Crippen LogP contribution in [-0.4, -0.2) is 4.98 Å². The lowest BCUT2D eigenvalue weighted by atomic mass is 9.68. The largest absolute Gasteiger partial charge is 0.256 e. The molecule has 0 bridgehead atoms. The summed E-state index contributed by atoms with van der Waals surface area (Å²) in [7, 11) is 0. The van der Waals surface area contributed by atoms with E-state index in [9.17, 15) is 0 Å². The molecule has 2 aromatic rings. The van der Waals surface area contributed by atoms with Crippen LogP contribution in [0.4, 0.5) is 0 Å². The van der Waals surface area contributed by atoms with Crippen molar-refractivity contribution >= 4 is 0 Å². The summed E-state index contributed by atoms with van der Waals surface area (Å²) >= 11 is 0. The van der Waals surface area contributed by atoms with Gasteiger partial charge in [-0.05, 0) is 46.9 Å². The van der Waals surface area contributed by atoms with E-state index in [-0.39, 0.29) is 5.41 Å². The van der Waals surface area contributed by atoms with Crippen molar-refractivity contribution in [3.63, 3.8) is 0 Å². The van der Waals surface area contributed by atoms with Gasteiger partial charge in [-0.15, -0.1) is 0 Å². The molecule has 2 rings (SSSR count). The molecule has 1 heterocycles. The summed E-state index contributed by atoms with van der Waals surface area (Å²) in [4.78, 5) is 4.69. The lowest BCUT2D eigenvalue weighted by Crippen LogP contribution is -2.30. The first-order chi connectivity index (χ1) is 10.9. The van der Waals surface area contributed by atoms with Crippen molar-refractivity contribution in [1.29, 1.82) is 0 Å². The van der Waals surface area contributed by atoms with Crippen LogP contribution in [-0.2, 0) is 5.41 Å². The fourth-order valence-electron chi connectivity index (χ4n) is 3.41. The number of rotatable bonds is 6. The third-order valence-corrected chi connectivity index (χ3v) is 5.70. The Labute approximate surface area is 142 Å². The van der Waals surface area contributed by atoms with Crippen LogP contribution in [0.25, 0.3) is 11.3 Å². The Hall–Kier alpha value is -1.63. The second-order valence-electron chi connectivity index (χ2n) is 7.26. The molecule has 0 fully saturated rings. The van der Waals surface area contributed by atoms with Gasteiger partial charge in [0.1, 0.15) is 0 Å². The van der Waals surface area contributed by atoms with E-state index < -0.39 is 0 Å². The highest BCUT2D eigenvalue weighted by molar-refractivity contribution is 5.66. The number of aromatic nitrogens is 1. The molecule has 0 aliphatic rings. The van der Waals surface area contributed by atoms with Crippen LogP contribution < -0.4 is 0 Å². The third kappa shape index (κ3) is 3.49. The average Bonchev–Trinajstić information content (AvgIpc) is 2.60. The lowest BCUT2D eigenvalue weighted by molar-refractivity contribution is 0.296. The summed E-state index contributed by atoms with van der Waals surface area (Å²) in [6.45, 7) is 13.9. The van der Waals surface area contributed by atoms with Gasteiger partial charge in [0.2, 0.25) is 0 Å². The predicted octanol–water partition coefficient (Wildman–Crippen LogP) is 6.59. The molecule has 1 aromatic heterocycles. The van der Waals surface area contributed by atoms with Crippen LogP contribution >= 0.6 is 0 Å². The summed E-state index contributed by atoms with van der Waals surface area (Å²) < 4.78 is 0. The van der Waals surface area contributed by atoms with Crippen molar-refractivity contribution in [2.75, 3.05) is 0 Å². The zero-order valence-corrected chi connectivity index (χ0v) is 15.6. The van der Waals surface area contributed by atoms with E-state index in [0.29, 0.717) is 11.8 Å². The number of hydrogen-bond acceptors (Lipinski definition) is 1. The maximum atomic E-state index is 4.69. The topological polar surface area (TPSA) is 12.9 Å². The minimum Gasteiger partial charge on any atom is -0.256 e. The van der Waals surface area contributed by atoms with E-state index in [1.807, 2.05) is 6.20 Å². The Balaban J connectivity index is 2.60. The SMILES string of the molecule is CCC(C)C(C)(CC)c1ccccc1-c1cc(C(C)C)ccn1. The van der Waals surface area contributed by atoms with Crippen LogP contribution in [0.15, 0.2) is 42.6 Å². The highest BCUT2D eigenvalue weighted by Gasteiger charge is 2.32. The first kappa shape index (κ1) is 17.7. The van der Waals surface area contributed by atoms with Gasteiger partial charge in [0.15, 0.2) is 0 Å². The Morgan fingerprint density at radius 1 is 1.04 bits per heavy atom. The van der Waals surface area contributed by atoms with E-state index in [1.165, 1.54) is 23.1 Å². The van der Waals surface area contributed by atoms with E-state index in [4.69, 9.17) is 0 Å². The number of hydrogen-bond donors (Lipinski definition) is 0. The number of benzene rings is 1. The average molecular weight is 309 g/mol. The van der Waals surface area contributed by atoms with Crippen LogP contribution in [0.2, 0.25) is 0 Å². The molecule has 0 saturated carbocycles. The van der Waals surface area contributed by atoms with Gasteiger partial charge in [0.25, 0.3) is 0 Å². The molecule has 1 nitrogen and oxygen atoms in total. The Morgan fingerprint density at radius 3 is 2.35 bits per heavy atom. The molecule has 0 spiro atoms. The van der Waals surface area contributed by atoms with Gasteiger partial charge in [0, 0.05) is 11.8 Å². The van der Waals surface area contributed by atoms with Gasteiger partial charge in [-0.1, -0.05) is 72.2 Å². The first-order valence-electron chi connectivity index (χ1n) is 8.99. The minimum absolute atomic E-state index is 0.181. The highest BCUT2D eigenvalue weighted by Crippen LogP contribution is 2.41. The molecule has 0 aliphatic heterocycles. The predicted molar refractivity (Wildman–Crippen MR) is 101 cm³/mol. The zero-order chi connectivity index (χ0) is 17.0. The normalized spacial score (nSPS) is 15.4. The Bertz CT molecular complexity index is 644. The van der Waals surface area contributed by atoms with Crippen LogP contribution in [0, 0.1) is 5.92 Å². The van der Waals surface area contributed by atoms with Crippen molar-refractivity contribution in [1.82, 2.24) is 4.98 Å². The summed E-state index contributed by atoms with van der Waals surface area (Å²) in [5, 5.41) is 0. The van der Waals surface area contributed by atoms with Crippen molar-refractivity contribution in [3.8, 4) is 11.3 Å². The van der Waals surface area contributed by atoms with Gasteiger partial charge < -0.3 is 0 Å². The molecule has 1 aromatic carbocycles. The maximum absolute atomic E-state index is 4.69. The van der Waals surface area contributed by atoms with Gasteiger partial charge in [-0.3, -0.25) is 4.98 Å². The minimum atomic E-state index is 0.181. The monoisotopic (exact) mass is 309 g/mol. The van der Waals surface area contributed by atoms with Crippen LogP contribution in [0.3, 0.4) is 0 Å². The first-order valence-corrected chi connectivity index (χ1v) is 8.99. The standard InChI is InChI=1S/C22H31N/c1-7-17(5)22(6,8-2)20-12-10-9-11-19(20)21-15-18(16(3)4)13-14-23-21/h9-17H,7-8H2,1-6H3. The van der Waals surface area contributed by atoms with Crippen LogP contribution in [0.5, 0.6) is 0 Å². The van der Waals surface area contributed by atoms with Gasteiger partial charge in [0.05, 0.1) is 5.69 Å². The molecular formula is C22H31N. The number of pyridine rings is 1. The van der Waals surface area contributed by atoms with Crippen molar-refractivity contribution < 1.29 is 0 Å². The molecule has 0 saturated heterocycles. The molecule has 0 N–H and O–H groups in total.